The summed E-state index contributed by atoms with van der Waals surface area (Å²) in [6.45, 7) is -3.90. The van der Waals surface area contributed by atoms with Crippen LogP contribution in [0.2, 0.25) is 0 Å². The van der Waals surface area contributed by atoms with Crippen LogP contribution in [0.1, 0.15) is 39.9 Å². The molecule has 0 amide bonds. The summed E-state index contributed by atoms with van der Waals surface area (Å²) < 4.78 is 99.1. The molecular formula is C63H105Cl7N28O28. The van der Waals surface area contributed by atoms with Gasteiger partial charge in [-0.25, -0.2) is 32.8 Å². The molecule has 0 spiro atoms. The normalized spacial score (nSPS) is 37.8. The van der Waals surface area contributed by atoms with E-state index in [-0.39, 0.29) is 173 Å². The van der Waals surface area contributed by atoms with Crippen molar-refractivity contribution in [3.05, 3.63) is 83.2 Å². The lowest BCUT2D eigenvalue weighted by Crippen LogP contribution is -2.68. The summed E-state index contributed by atoms with van der Waals surface area (Å²) in [6, 6.07) is 0. The Labute approximate surface area is 755 Å². The van der Waals surface area contributed by atoms with Crippen molar-refractivity contribution in [2.24, 2.45) is 40.1 Å². The highest BCUT2D eigenvalue weighted by atomic mass is 35.5. The van der Waals surface area contributed by atoms with Gasteiger partial charge in [0.05, 0.1) is 85.7 Å². The Morgan fingerprint density at radius 3 is 0.397 bits per heavy atom. The molecule has 28 N–H and O–H groups in total. The predicted molar refractivity (Wildman–Crippen MR) is 425 cm³/mol. The van der Waals surface area contributed by atoms with Crippen LogP contribution in [-0.4, -0.2) is 391 Å². The lowest BCUT2D eigenvalue weighted by molar-refractivity contribution is -0.395. The molecule has 0 radical (unpaired) electrons. The molecule has 21 aliphatic rings. The predicted octanol–water partition coefficient (Wildman–Crippen LogP) is -14.0. The van der Waals surface area contributed by atoms with Crippen molar-refractivity contribution in [2.75, 3.05) is 0 Å². The minimum absolute atomic E-state index is 0. The van der Waals surface area contributed by atoms with E-state index in [0.29, 0.717) is 0 Å². The third kappa shape index (κ3) is 22.9. The zero-order chi connectivity index (χ0) is 83.9. The maximum Gasteiger partial charge on any atom is 0.187 e. The van der Waals surface area contributed by atoms with Crippen LogP contribution >= 0.6 is 86.8 Å². The highest BCUT2D eigenvalue weighted by Crippen LogP contribution is 2.41. The topological polar surface area (TPSA) is 810 Å². The Morgan fingerprint density at radius 1 is 0.190 bits per heavy atom. The maximum atomic E-state index is 12.5. The van der Waals surface area contributed by atoms with Gasteiger partial charge in [-0.2, -0.15) is 0 Å². The number of nitrogens with two attached hydrogens (primary N) is 7. The van der Waals surface area contributed by atoms with Gasteiger partial charge >= 0.3 is 0 Å². The van der Waals surface area contributed by atoms with Crippen LogP contribution in [0.25, 0.3) is 0 Å². The first-order valence-electron chi connectivity index (χ1n) is 38.1. The fourth-order valence-electron chi connectivity index (χ4n) is 15.4. The van der Waals surface area contributed by atoms with Gasteiger partial charge in [-0.05, 0) is 0 Å². The van der Waals surface area contributed by atoms with Crippen molar-refractivity contribution in [3.8, 4) is 0 Å². The molecule has 35 atom stereocenters. The molecule has 21 saturated heterocycles. The molecule has 56 nitrogen and oxygen atoms in total. The number of rotatable bonds is 21. The molecule has 21 fully saturated rings. The maximum absolute atomic E-state index is 12.5. The average molecular weight is 1950 g/mol. The van der Waals surface area contributed by atoms with E-state index in [1.165, 1.54) is 76.2 Å². The second kappa shape index (κ2) is 46.3. The fraction of sp³-hybridized carbons (Fsp3) is 0.778. The number of aromatic nitrogens is 21. The van der Waals surface area contributed by atoms with Crippen molar-refractivity contribution >= 4 is 86.8 Å². The summed E-state index contributed by atoms with van der Waals surface area (Å²) in [7, 11) is 0. The zero-order valence-corrected chi connectivity index (χ0v) is 71.6. The van der Waals surface area contributed by atoms with Gasteiger partial charge in [0.15, 0.2) is 44.0 Å². The van der Waals surface area contributed by atoms with E-state index >= 15 is 0 Å². The van der Waals surface area contributed by atoms with Crippen molar-refractivity contribution in [1.29, 1.82) is 0 Å². The van der Waals surface area contributed by atoms with Gasteiger partial charge < -0.3 is 178 Å². The first-order valence-corrected chi connectivity index (χ1v) is 38.1. The van der Waals surface area contributed by atoms with E-state index in [2.05, 4.69) is 72.2 Å². The highest BCUT2D eigenvalue weighted by molar-refractivity contribution is 5.86. The molecule has 7 aromatic rings. The first kappa shape index (κ1) is 106. The SMILES string of the molecule is Cl.Cl.Cl.Cl.Cl.Cl.Cl.NCc1cn(C[C@@H]2O[C@H]3O[C@@H]4[C@@H](O)[C@H](O)[C@H](O[C@@H]5[C@@H](O)[C@H](O)[C@H](O[C@@H]6[C@@H](O)[C@@H](O)[C@H](O[C@@H]7[C@@H](O)[C@H](O)[C@H](O[C@@H]8[C@@H](O)[C@H](O)[C@H](O[C@@H]9[C@@H](O)[C@H](O)[C@H](O[C@@H]2[C@@H](O)[C@@H]3O)O[C@H]9Cn2cc(CN)nn2)O[C@H]8Cn2cc(CN)nn2)O[C@H]7Cn2cc(CN)nn2)O[C@H]6Cn2cc(CN)nn2)O[C@H]5Cn2cc(CN)nn2)O[C@H]4Cn2cc(CN)nn2)nn1. The standard InChI is InChI=1S/C63H98N28O28.7ClH/c64-1-22-8-85(78-71-22)15-29-50-36(92)43(99)57(106-29)114-51-30(16-86-9-23(2-65)72-79-86)108-59(45(101)38(51)94)116-53-32(18-88-11-25(4-67)74-81-88)110-61(47(103)40(53)96)118-55-34(20-90-13-27(6-69)76-83-90)112-63(49(105)42(55)98)119-56-35(21-91-14-28(7-70)77-84-91)111-62(48(104)41(56)97)117-54-33(19-89-12-26(5-68)75-82-89)109-60(46(102)39(54)95)115-52-31(17-87-10-24(3-66)73-80-87)107-58(113-50)44(100)37(52)93;;;;;;;/h8-14,29-63,92-105H,1-7,15-21,64-70H2;7*1H/t29-,30-,31-,32-,33-,34-,35-,36-,37-,38-,39-,40-,41-,42-,43-,44-,45-,46-,47-,48-,49+,50-,51-,52-,53-,54-,55-,56-,57-,58-,59-,60-,61-,62-,63-;;;;;;;/m0......./s1. The Hall–Kier alpha value is -5.39. The van der Waals surface area contributed by atoms with E-state index in [1.54, 1.807) is 0 Å². The van der Waals surface area contributed by atoms with Gasteiger partial charge in [-0.1, -0.05) is 36.5 Å². The van der Waals surface area contributed by atoms with Crippen molar-refractivity contribution in [2.45, 2.75) is 307 Å². The molecule has 126 heavy (non-hydrogen) atoms. The van der Waals surface area contributed by atoms with E-state index in [9.17, 15) is 71.5 Å². The van der Waals surface area contributed by atoms with Crippen molar-refractivity contribution in [1.82, 2.24) is 105 Å². The van der Waals surface area contributed by atoms with Gasteiger partial charge in [0, 0.05) is 89.2 Å². The summed E-state index contributed by atoms with van der Waals surface area (Å²) in [4.78, 5) is 0. The minimum atomic E-state index is -2.24. The van der Waals surface area contributed by atoms with Crippen LogP contribution in [0.4, 0.5) is 0 Å². The number of aliphatic hydroxyl groups excluding tert-OH is 14. The van der Waals surface area contributed by atoms with Gasteiger partial charge in [-0.3, -0.25) is 0 Å². The van der Waals surface area contributed by atoms with Gasteiger partial charge in [0.2, 0.25) is 0 Å². The molecule has 28 rings (SSSR count). The van der Waals surface area contributed by atoms with Gasteiger partial charge in [0.25, 0.3) is 0 Å². The molecule has 21 aliphatic heterocycles. The Bertz CT molecular complexity index is 3670. The van der Waals surface area contributed by atoms with Gasteiger partial charge in [-0.15, -0.1) is 123 Å². The summed E-state index contributed by atoms with van der Waals surface area (Å²) >= 11 is 0. The van der Waals surface area contributed by atoms with E-state index in [4.69, 9.17) is 106 Å². The lowest BCUT2D eigenvalue weighted by Gasteiger charge is -2.50. The molecular weight excluding hydrogens is 1850 g/mol. The van der Waals surface area contributed by atoms with E-state index in [0.717, 1.165) is 0 Å². The minimum Gasteiger partial charge on any atom is -0.387 e. The Morgan fingerprint density at radius 2 is 0.302 bits per heavy atom. The van der Waals surface area contributed by atoms with Crippen LogP contribution in [0.5, 0.6) is 0 Å². The van der Waals surface area contributed by atoms with Crippen molar-refractivity contribution < 1.29 is 138 Å². The molecule has 7 aromatic heterocycles. The number of hydrogen-bond donors (Lipinski definition) is 21. The smallest absolute Gasteiger partial charge is 0.187 e. The summed E-state index contributed by atoms with van der Waals surface area (Å²) in [5.74, 6) is 0. The summed E-state index contributed by atoms with van der Waals surface area (Å²) in [6.07, 6.45) is -59.8. The molecule has 28 heterocycles. The molecule has 0 aromatic carbocycles. The molecule has 0 saturated carbocycles. The van der Waals surface area contributed by atoms with Crippen LogP contribution in [0.15, 0.2) is 43.4 Å². The number of halogens is 7. The molecule has 14 bridgehead atoms. The second-order valence-electron chi connectivity index (χ2n) is 29.8. The van der Waals surface area contributed by atoms with Crippen LogP contribution in [-0.2, 0) is 158 Å². The quantitative estimate of drug-likeness (QED) is 0.0318. The third-order valence-electron chi connectivity index (χ3n) is 21.7. The fourth-order valence-corrected chi connectivity index (χ4v) is 15.4. The number of ether oxygens (including phenoxy) is 14. The second-order valence-corrected chi connectivity index (χ2v) is 29.8. The first-order chi connectivity index (χ1) is 57.3. The molecule has 714 valence electrons. The lowest BCUT2D eigenvalue weighted by atomic mass is 9.94. The number of nitrogens with zero attached hydrogens (tertiary/aromatic N) is 21. The summed E-state index contributed by atoms with van der Waals surface area (Å²) in [5, 5.41) is 232. The molecule has 63 heteroatoms. The average Bonchev–Trinajstić information content (AvgIpc) is 0.928. The van der Waals surface area contributed by atoms with Crippen LogP contribution < -0.4 is 40.1 Å². The van der Waals surface area contributed by atoms with E-state index < -0.39 is 261 Å². The molecule has 0 unspecified atom stereocenters. The number of hydrogen-bond acceptors (Lipinski definition) is 49. The zero-order valence-electron chi connectivity index (χ0n) is 65.9. The van der Waals surface area contributed by atoms with Crippen molar-refractivity contribution in [3.63, 3.8) is 0 Å². The third-order valence-corrected chi connectivity index (χ3v) is 21.7. The van der Waals surface area contributed by atoms with Crippen LogP contribution in [0.3, 0.4) is 0 Å². The largest absolute Gasteiger partial charge is 0.387 e. The Balaban J connectivity index is 0.00000281. The Kier molecular flexibility index (Phi) is 38.9. The monoisotopic (exact) mass is 1950 g/mol. The molecule has 0 aliphatic carbocycles. The van der Waals surface area contributed by atoms with E-state index in [1.807, 2.05) is 0 Å². The number of aliphatic hydroxyl groups is 14. The van der Waals surface area contributed by atoms with Gasteiger partial charge in [0.1, 0.15) is 171 Å². The highest BCUT2D eigenvalue weighted by Gasteiger charge is 2.61. The summed E-state index contributed by atoms with van der Waals surface area (Å²) in [5.41, 5.74) is 43.4. The van der Waals surface area contributed by atoms with Crippen LogP contribution in [0, 0.1) is 0 Å².